The van der Waals surface area contributed by atoms with Crippen molar-refractivity contribution in [3.05, 3.63) is 29.8 Å². The molecule has 2 aliphatic heterocycles. The molecular weight excluding hydrogens is 382 g/mol. The van der Waals surface area contributed by atoms with Crippen molar-refractivity contribution in [3.8, 4) is 5.75 Å². The summed E-state index contributed by atoms with van der Waals surface area (Å²) in [5, 5.41) is 3.24. The first kappa shape index (κ1) is 21.1. The Hall–Kier alpha value is -2.12. The molecule has 3 fully saturated rings. The van der Waals surface area contributed by atoms with Crippen LogP contribution in [0.1, 0.15) is 37.3 Å². The Morgan fingerprint density at radius 1 is 1.23 bits per heavy atom. The maximum absolute atomic E-state index is 13.2. The van der Waals surface area contributed by atoms with Crippen LogP contribution in [0.25, 0.3) is 0 Å². The van der Waals surface area contributed by atoms with Crippen molar-refractivity contribution >= 4 is 11.8 Å². The summed E-state index contributed by atoms with van der Waals surface area (Å²) < 4.78 is 10.7. The van der Waals surface area contributed by atoms with Gasteiger partial charge in [-0.25, -0.2) is 0 Å². The van der Waals surface area contributed by atoms with Crippen LogP contribution in [0.2, 0.25) is 0 Å². The maximum atomic E-state index is 13.2. The summed E-state index contributed by atoms with van der Waals surface area (Å²) in [7, 11) is 3.43. The van der Waals surface area contributed by atoms with Crippen LogP contribution in [0.15, 0.2) is 24.3 Å². The summed E-state index contributed by atoms with van der Waals surface area (Å²) in [4.78, 5) is 29.8. The number of likely N-dealkylation sites (tertiary alicyclic amines) is 1. The molecule has 3 aliphatic rings. The van der Waals surface area contributed by atoms with Crippen LogP contribution in [-0.4, -0.2) is 75.2 Å². The third-order valence-electron chi connectivity index (χ3n) is 6.91. The standard InChI is InChI=1S/C23H33N3O4/c1-25-20(27)8-7-19(21(25)17-3-5-18(29-2)6-4-17)22(28)24-15-23(9-10-23)16-26-11-13-30-14-12-26/h3-6,19,21H,7-16H2,1-2H3,(H,24,28). The molecular formula is C23H33N3O4. The molecule has 2 heterocycles. The van der Waals surface area contributed by atoms with Crippen LogP contribution in [0.5, 0.6) is 5.75 Å². The molecule has 7 nitrogen and oxygen atoms in total. The zero-order valence-corrected chi connectivity index (χ0v) is 18.1. The third kappa shape index (κ3) is 4.62. The highest BCUT2D eigenvalue weighted by atomic mass is 16.5. The van der Waals surface area contributed by atoms with Gasteiger partial charge in [-0.1, -0.05) is 12.1 Å². The van der Waals surface area contributed by atoms with Crippen molar-refractivity contribution in [2.75, 3.05) is 53.6 Å². The topological polar surface area (TPSA) is 71.1 Å². The van der Waals surface area contributed by atoms with Crippen LogP contribution in [0.3, 0.4) is 0 Å². The lowest BCUT2D eigenvalue weighted by Crippen LogP contribution is -2.48. The van der Waals surface area contributed by atoms with Gasteiger partial charge in [0, 0.05) is 45.1 Å². The Balaban J connectivity index is 1.41. The first-order valence-electron chi connectivity index (χ1n) is 11.0. The van der Waals surface area contributed by atoms with Crippen molar-refractivity contribution < 1.29 is 19.1 Å². The molecule has 4 rings (SSSR count). The van der Waals surface area contributed by atoms with Gasteiger partial charge in [-0.3, -0.25) is 14.5 Å². The molecule has 1 aliphatic carbocycles. The van der Waals surface area contributed by atoms with Gasteiger partial charge in [0.05, 0.1) is 32.3 Å². The van der Waals surface area contributed by atoms with Gasteiger partial charge in [-0.05, 0) is 37.0 Å². The van der Waals surface area contributed by atoms with Crippen molar-refractivity contribution in [1.82, 2.24) is 15.1 Å². The molecule has 1 aromatic carbocycles. The second-order valence-electron chi connectivity index (χ2n) is 8.97. The molecule has 1 N–H and O–H groups in total. The second kappa shape index (κ2) is 8.94. The van der Waals surface area contributed by atoms with Crippen LogP contribution < -0.4 is 10.1 Å². The first-order valence-corrected chi connectivity index (χ1v) is 11.0. The van der Waals surface area contributed by atoms with Crippen molar-refractivity contribution in [2.45, 2.75) is 31.7 Å². The summed E-state index contributed by atoms with van der Waals surface area (Å²) >= 11 is 0. The Kier molecular flexibility index (Phi) is 6.29. The smallest absolute Gasteiger partial charge is 0.225 e. The molecule has 164 valence electrons. The van der Waals surface area contributed by atoms with E-state index in [1.807, 2.05) is 24.3 Å². The summed E-state index contributed by atoms with van der Waals surface area (Å²) in [6.07, 6.45) is 3.33. The number of morpholine rings is 1. The van der Waals surface area contributed by atoms with Crippen molar-refractivity contribution in [2.24, 2.45) is 11.3 Å². The highest BCUT2D eigenvalue weighted by Crippen LogP contribution is 2.46. The average molecular weight is 416 g/mol. The number of nitrogens with one attached hydrogen (secondary N) is 1. The number of rotatable bonds is 7. The maximum Gasteiger partial charge on any atom is 0.225 e. The van der Waals surface area contributed by atoms with E-state index >= 15 is 0 Å². The van der Waals surface area contributed by atoms with Gasteiger partial charge in [0.25, 0.3) is 0 Å². The Bertz CT molecular complexity index is 756. The zero-order chi connectivity index (χ0) is 21.1. The molecule has 2 saturated heterocycles. The number of methoxy groups -OCH3 is 1. The monoisotopic (exact) mass is 415 g/mol. The fourth-order valence-electron chi connectivity index (χ4n) is 4.78. The minimum absolute atomic E-state index is 0.0587. The number of amides is 2. The van der Waals surface area contributed by atoms with Crippen LogP contribution in [0, 0.1) is 11.3 Å². The Labute approximate surface area is 178 Å². The van der Waals surface area contributed by atoms with Gasteiger partial charge in [0.1, 0.15) is 5.75 Å². The van der Waals surface area contributed by atoms with Crippen LogP contribution in [-0.2, 0) is 14.3 Å². The predicted molar refractivity (Wildman–Crippen MR) is 113 cm³/mol. The summed E-state index contributed by atoms with van der Waals surface area (Å²) in [6.45, 7) is 5.30. The molecule has 0 spiro atoms. The van der Waals surface area contributed by atoms with Gasteiger partial charge in [-0.15, -0.1) is 0 Å². The van der Waals surface area contributed by atoms with E-state index in [1.165, 1.54) is 0 Å². The number of hydrogen-bond acceptors (Lipinski definition) is 5. The lowest BCUT2D eigenvalue weighted by atomic mass is 9.83. The number of piperidine rings is 1. The summed E-state index contributed by atoms with van der Waals surface area (Å²) in [5.41, 5.74) is 1.18. The molecule has 30 heavy (non-hydrogen) atoms. The molecule has 0 aromatic heterocycles. The van der Waals surface area contributed by atoms with Gasteiger partial charge >= 0.3 is 0 Å². The van der Waals surface area contributed by atoms with Gasteiger partial charge < -0.3 is 19.7 Å². The zero-order valence-electron chi connectivity index (χ0n) is 18.1. The number of carbonyl (C=O) groups excluding carboxylic acids is 2. The molecule has 2 amide bonds. The van der Waals surface area contributed by atoms with Crippen molar-refractivity contribution in [1.29, 1.82) is 0 Å². The normalized spacial score (nSPS) is 26.3. The Morgan fingerprint density at radius 2 is 1.93 bits per heavy atom. The highest BCUT2D eigenvalue weighted by Gasteiger charge is 2.45. The van der Waals surface area contributed by atoms with Gasteiger partial charge in [0.15, 0.2) is 0 Å². The SMILES string of the molecule is COc1ccc(C2C(C(=O)NCC3(CN4CCOCC4)CC3)CCC(=O)N2C)cc1. The highest BCUT2D eigenvalue weighted by molar-refractivity contribution is 5.85. The van der Waals surface area contributed by atoms with E-state index in [0.717, 1.165) is 57.0 Å². The van der Waals surface area contributed by atoms with E-state index in [4.69, 9.17) is 9.47 Å². The molecule has 0 bridgehead atoms. The lowest BCUT2D eigenvalue weighted by Gasteiger charge is -2.39. The number of nitrogens with zero attached hydrogens (tertiary/aromatic N) is 2. The molecule has 2 atom stereocenters. The second-order valence-corrected chi connectivity index (χ2v) is 8.97. The van der Waals surface area contributed by atoms with Gasteiger partial charge in [0.2, 0.25) is 11.8 Å². The number of benzene rings is 1. The average Bonchev–Trinajstić information content (AvgIpc) is 3.54. The molecule has 0 radical (unpaired) electrons. The van der Waals surface area contributed by atoms with Crippen LogP contribution >= 0.6 is 0 Å². The fraction of sp³-hybridized carbons (Fsp3) is 0.652. The van der Waals surface area contributed by atoms with E-state index in [2.05, 4.69) is 10.2 Å². The van der Waals surface area contributed by atoms with Gasteiger partial charge in [-0.2, -0.15) is 0 Å². The van der Waals surface area contributed by atoms with E-state index in [-0.39, 0.29) is 29.2 Å². The third-order valence-corrected chi connectivity index (χ3v) is 6.91. The molecule has 1 aromatic rings. The predicted octanol–water partition coefficient (Wildman–Crippen LogP) is 1.83. The van der Waals surface area contributed by atoms with E-state index in [0.29, 0.717) is 19.4 Å². The number of hydrogen-bond donors (Lipinski definition) is 1. The van der Waals surface area contributed by atoms with Crippen LogP contribution in [0.4, 0.5) is 0 Å². The first-order chi connectivity index (χ1) is 14.5. The quantitative estimate of drug-likeness (QED) is 0.736. The van der Waals surface area contributed by atoms with Crippen molar-refractivity contribution in [3.63, 3.8) is 0 Å². The largest absolute Gasteiger partial charge is 0.497 e. The molecule has 2 unspecified atom stereocenters. The minimum Gasteiger partial charge on any atom is -0.497 e. The lowest BCUT2D eigenvalue weighted by molar-refractivity contribution is -0.141. The van der Waals surface area contributed by atoms with E-state index < -0.39 is 0 Å². The number of carbonyl (C=O) groups is 2. The molecule has 7 heteroatoms. The fourth-order valence-corrected chi connectivity index (χ4v) is 4.78. The van der Waals surface area contributed by atoms with E-state index in [9.17, 15) is 9.59 Å². The molecule has 1 saturated carbocycles. The Morgan fingerprint density at radius 3 is 2.57 bits per heavy atom. The summed E-state index contributed by atoms with van der Waals surface area (Å²) in [6, 6.07) is 7.45. The minimum atomic E-state index is -0.244. The van der Waals surface area contributed by atoms with E-state index in [1.54, 1.807) is 19.1 Å². The summed E-state index contributed by atoms with van der Waals surface area (Å²) in [5.74, 6) is 0.679. The number of ether oxygens (including phenoxy) is 2.